The summed E-state index contributed by atoms with van der Waals surface area (Å²) in [6, 6.07) is 1.35. The fourth-order valence-corrected chi connectivity index (χ4v) is 1.40. The molecule has 0 radical (unpaired) electrons. The van der Waals surface area contributed by atoms with Gasteiger partial charge in [-0.15, -0.1) is 0 Å². The van der Waals surface area contributed by atoms with E-state index in [1.165, 1.54) is 6.07 Å². The maximum atomic E-state index is 12.4. The summed E-state index contributed by atoms with van der Waals surface area (Å²) in [4.78, 5) is 3.76. The zero-order chi connectivity index (χ0) is 10.0. The maximum Gasteiger partial charge on any atom is 0.267 e. The molecule has 1 rings (SSSR count). The van der Waals surface area contributed by atoms with Crippen LogP contribution in [0.4, 0.5) is 8.78 Å². The van der Waals surface area contributed by atoms with Gasteiger partial charge < -0.3 is 5.11 Å². The molecule has 0 unspecified atom stereocenters. The smallest absolute Gasteiger partial charge is 0.267 e. The third-order valence-electron chi connectivity index (χ3n) is 1.58. The molecule has 1 N–H and O–H groups in total. The molecule has 0 aliphatic heterocycles. The van der Waals surface area contributed by atoms with E-state index in [1.807, 2.05) is 0 Å². The van der Waals surface area contributed by atoms with Crippen LogP contribution in [0.3, 0.4) is 0 Å². The van der Waals surface area contributed by atoms with Gasteiger partial charge in [-0.25, -0.2) is 8.78 Å². The van der Waals surface area contributed by atoms with Crippen LogP contribution in [0.25, 0.3) is 0 Å². The van der Waals surface area contributed by atoms with Crippen molar-refractivity contribution in [3.63, 3.8) is 0 Å². The van der Waals surface area contributed by atoms with E-state index in [1.54, 1.807) is 6.92 Å². The molecule has 1 aromatic heterocycles. The van der Waals surface area contributed by atoms with Gasteiger partial charge in [0.25, 0.3) is 6.43 Å². The minimum absolute atomic E-state index is 0.0495. The Morgan fingerprint density at radius 1 is 1.62 bits per heavy atom. The Bertz CT molecular complexity index is 317. The standard InChI is InChI=1S/C8H8ClF2NO/c1-4-2-5(9)7(8(10)11)6(3-13)12-4/h2,8,13H,3H2,1H3. The Morgan fingerprint density at radius 3 is 2.69 bits per heavy atom. The number of rotatable bonds is 2. The van der Waals surface area contributed by atoms with Crippen LogP contribution in [0.1, 0.15) is 23.4 Å². The second kappa shape index (κ2) is 3.98. The third kappa shape index (κ3) is 2.14. The van der Waals surface area contributed by atoms with Crippen LogP contribution in [0.15, 0.2) is 6.07 Å². The molecule has 0 aliphatic carbocycles. The maximum absolute atomic E-state index is 12.4. The number of nitrogens with zero attached hydrogens (tertiary/aromatic N) is 1. The second-order valence-corrected chi connectivity index (χ2v) is 2.97. The number of hydrogen-bond acceptors (Lipinski definition) is 2. The van der Waals surface area contributed by atoms with Crippen LogP contribution in [-0.4, -0.2) is 10.1 Å². The lowest BCUT2D eigenvalue weighted by molar-refractivity contribution is 0.146. The molecule has 0 aromatic carbocycles. The molecule has 0 saturated carbocycles. The molecule has 2 nitrogen and oxygen atoms in total. The van der Waals surface area contributed by atoms with Crippen LogP contribution >= 0.6 is 11.6 Å². The van der Waals surface area contributed by atoms with E-state index in [0.29, 0.717) is 5.69 Å². The fraction of sp³-hybridized carbons (Fsp3) is 0.375. The third-order valence-corrected chi connectivity index (χ3v) is 1.90. The van der Waals surface area contributed by atoms with Gasteiger partial charge in [-0.1, -0.05) is 11.6 Å². The Labute approximate surface area is 79.2 Å². The molecule has 0 atom stereocenters. The van der Waals surface area contributed by atoms with Crippen molar-refractivity contribution < 1.29 is 13.9 Å². The van der Waals surface area contributed by atoms with Crippen molar-refractivity contribution in [2.45, 2.75) is 20.0 Å². The Morgan fingerprint density at radius 2 is 2.23 bits per heavy atom. The molecule has 1 heterocycles. The zero-order valence-corrected chi connectivity index (χ0v) is 7.65. The van der Waals surface area contributed by atoms with Crippen LogP contribution in [0, 0.1) is 6.92 Å². The van der Waals surface area contributed by atoms with E-state index in [-0.39, 0.29) is 16.3 Å². The van der Waals surface area contributed by atoms with Crippen molar-refractivity contribution in [2.24, 2.45) is 0 Å². The van der Waals surface area contributed by atoms with Gasteiger partial charge >= 0.3 is 0 Å². The number of aliphatic hydroxyl groups is 1. The van der Waals surface area contributed by atoms with Crippen molar-refractivity contribution in [1.29, 1.82) is 0 Å². The summed E-state index contributed by atoms with van der Waals surface area (Å²) in [5.74, 6) is 0. The molecule has 0 spiro atoms. The summed E-state index contributed by atoms with van der Waals surface area (Å²) in [5, 5.41) is 8.71. The van der Waals surface area contributed by atoms with Gasteiger partial charge in [-0.05, 0) is 13.0 Å². The van der Waals surface area contributed by atoms with Gasteiger partial charge in [0.05, 0.1) is 22.9 Å². The topological polar surface area (TPSA) is 33.1 Å². The lowest BCUT2D eigenvalue weighted by Crippen LogP contribution is -2.01. The molecule has 0 aliphatic rings. The van der Waals surface area contributed by atoms with Gasteiger partial charge in [0, 0.05) is 5.69 Å². The quantitative estimate of drug-likeness (QED) is 0.808. The first-order valence-electron chi connectivity index (χ1n) is 3.61. The largest absolute Gasteiger partial charge is 0.390 e. The molecular formula is C8H8ClF2NO. The Hall–Kier alpha value is -0.740. The lowest BCUT2D eigenvalue weighted by atomic mass is 10.2. The van der Waals surface area contributed by atoms with Gasteiger partial charge in [0.1, 0.15) is 0 Å². The first-order chi connectivity index (χ1) is 6.06. The molecule has 5 heteroatoms. The molecule has 0 fully saturated rings. The summed E-state index contributed by atoms with van der Waals surface area (Å²) < 4.78 is 24.7. The lowest BCUT2D eigenvalue weighted by Gasteiger charge is -2.08. The summed E-state index contributed by atoms with van der Waals surface area (Å²) in [5.41, 5.74) is 0.0771. The van der Waals surface area contributed by atoms with E-state index >= 15 is 0 Å². The summed E-state index contributed by atoms with van der Waals surface area (Å²) in [6.07, 6.45) is -2.71. The summed E-state index contributed by atoms with van der Waals surface area (Å²) in [7, 11) is 0. The van der Waals surface area contributed by atoms with Crippen LogP contribution < -0.4 is 0 Å². The summed E-state index contributed by atoms with van der Waals surface area (Å²) >= 11 is 5.58. The van der Waals surface area contributed by atoms with Gasteiger partial charge in [-0.2, -0.15) is 0 Å². The SMILES string of the molecule is Cc1cc(Cl)c(C(F)F)c(CO)n1. The van der Waals surface area contributed by atoms with Crippen LogP contribution in [0.2, 0.25) is 5.02 Å². The van der Waals surface area contributed by atoms with Crippen molar-refractivity contribution in [2.75, 3.05) is 0 Å². The van der Waals surface area contributed by atoms with Crippen molar-refractivity contribution in [1.82, 2.24) is 4.98 Å². The van der Waals surface area contributed by atoms with Crippen molar-refractivity contribution >= 4 is 11.6 Å². The summed E-state index contributed by atoms with van der Waals surface area (Å²) in [6.45, 7) is 1.10. The van der Waals surface area contributed by atoms with Crippen LogP contribution in [0.5, 0.6) is 0 Å². The van der Waals surface area contributed by atoms with Gasteiger partial charge in [0.15, 0.2) is 0 Å². The minimum Gasteiger partial charge on any atom is -0.390 e. The fourth-order valence-electron chi connectivity index (χ4n) is 1.06. The number of alkyl halides is 2. The zero-order valence-electron chi connectivity index (χ0n) is 6.89. The number of halogens is 3. The monoisotopic (exact) mass is 207 g/mol. The highest BCUT2D eigenvalue weighted by Crippen LogP contribution is 2.29. The molecule has 1 aromatic rings. The van der Waals surface area contributed by atoms with E-state index in [0.717, 1.165) is 0 Å². The van der Waals surface area contributed by atoms with Crippen molar-refractivity contribution in [3.05, 3.63) is 28.0 Å². The molecule has 0 saturated heterocycles. The van der Waals surface area contributed by atoms with Crippen molar-refractivity contribution in [3.8, 4) is 0 Å². The number of pyridine rings is 1. The first kappa shape index (κ1) is 10.3. The van der Waals surface area contributed by atoms with E-state index in [2.05, 4.69) is 4.98 Å². The first-order valence-corrected chi connectivity index (χ1v) is 3.99. The molecule has 13 heavy (non-hydrogen) atoms. The highest BCUT2D eigenvalue weighted by Gasteiger charge is 2.18. The molecule has 72 valence electrons. The molecule has 0 bridgehead atoms. The van der Waals surface area contributed by atoms with E-state index in [4.69, 9.17) is 16.7 Å². The number of aromatic nitrogens is 1. The van der Waals surface area contributed by atoms with E-state index in [9.17, 15) is 8.78 Å². The predicted octanol–water partition coefficient (Wildman–Crippen LogP) is 2.47. The molecular weight excluding hydrogens is 200 g/mol. The highest BCUT2D eigenvalue weighted by molar-refractivity contribution is 6.31. The number of aliphatic hydroxyl groups excluding tert-OH is 1. The Balaban J connectivity index is 3.30. The Kier molecular flexibility index (Phi) is 3.17. The van der Waals surface area contributed by atoms with Gasteiger partial charge in [0.2, 0.25) is 0 Å². The number of aryl methyl sites for hydroxylation is 1. The highest BCUT2D eigenvalue weighted by atomic mass is 35.5. The predicted molar refractivity (Wildman–Crippen MR) is 44.9 cm³/mol. The number of hydrogen-bond donors (Lipinski definition) is 1. The second-order valence-electron chi connectivity index (χ2n) is 2.56. The van der Waals surface area contributed by atoms with Gasteiger partial charge in [-0.3, -0.25) is 4.98 Å². The average molecular weight is 208 g/mol. The normalized spacial score (nSPS) is 10.9. The minimum atomic E-state index is -2.71. The molecule has 0 amide bonds. The van der Waals surface area contributed by atoms with E-state index < -0.39 is 13.0 Å². The van der Waals surface area contributed by atoms with Crippen LogP contribution in [-0.2, 0) is 6.61 Å². The average Bonchev–Trinajstić information content (AvgIpc) is 2.01.